The highest BCUT2D eigenvalue weighted by Gasteiger charge is 2.47. The van der Waals surface area contributed by atoms with E-state index in [1.54, 1.807) is 0 Å². The number of hydrogen-bond donors (Lipinski definition) is 2. The van der Waals surface area contributed by atoms with Crippen molar-refractivity contribution in [2.45, 2.75) is 37.7 Å². The molecule has 3 heteroatoms. The number of aliphatic hydroxyl groups is 1. The fourth-order valence-corrected chi connectivity index (χ4v) is 2.71. The van der Waals surface area contributed by atoms with E-state index in [2.05, 4.69) is 6.92 Å². The van der Waals surface area contributed by atoms with Crippen molar-refractivity contribution in [1.82, 2.24) is 0 Å². The van der Waals surface area contributed by atoms with Gasteiger partial charge in [0.05, 0.1) is 0 Å². The Bertz CT molecular complexity index is 401. The molecule has 1 aromatic carbocycles. The van der Waals surface area contributed by atoms with Gasteiger partial charge < -0.3 is 10.2 Å². The van der Waals surface area contributed by atoms with E-state index in [0.29, 0.717) is 12.3 Å². The summed E-state index contributed by atoms with van der Waals surface area (Å²) >= 11 is 0. The predicted molar refractivity (Wildman–Crippen MR) is 64.8 cm³/mol. The van der Waals surface area contributed by atoms with E-state index in [4.69, 9.17) is 0 Å². The molecule has 0 aliphatic heterocycles. The maximum Gasteiger partial charge on any atom is 0.336 e. The van der Waals surface area contributed by atoms with Crippen molar-refractivity contribution in [3.8, 4) is 0 Å². The van der Waals surface area contributed by atoms with Crippen LogP contribution in [0.1, 0.15) is 37.7 Å². The molecule has 92 valence electrons. The molecule has 17 heavy (non-hydrogen) atoms. The number of carboxylic acid groups (broad SMARTS) is 1. The molecule has 1 saturated carbocycles. The van der Waals surface area contributed by atoms with E-state index in [-0.39, 0.29) is 5.92 Å². The molecule has 2 rings (SSSR count). The molecule has 2 N–H and O–H groups in total. The first-order valence-corrected chi connectivity index (χ1v) is 6.05. The Morgan fingerprint density at radius 3 is 2.59 bits per heavy atom. The predicted octanol–water partition coefficient (Wildman–Crippen LogP) is 2.41. The maximum atomic E-state index is 11.3. The highest BCUT2D eigenvalue weighted by atomic mass is 16.4. The quantitative estimate of drug-likeness (QED) is 0.826. The van der Waals surface area contributed by atoms with Crippen LogP contribution in [0.25, 0.3) is 0 Å². The summed E-state index contributed by atoms with van der Waals surface area (Å²) in [5.41, 5.74) is -0.683. The molecular weight excluding hydrogens is 216 g/mol. The Hall–Kier alpha value is -1.35. The highest BCUT2D eigenvalue weighted by molar-refractivity contribution is 5.79. The van der Waals surface area contributed by atoms with Crippen LogP contribution in [0, 0.1) is 5.92 Å². The van der Waals surface area contributed by atoms with E-state index in [1.807, 2.05) is 30.3 Å². The minimum absolute atomic E-state index is 0.301. The smallest absolute Gasteiger partial charge is 0.336 e. The molecule has 1 aromatic rings. The lowest BCUT2D eigenvalue weighted by Crippen LogP contribution is -2.47. The van der Waals surface area contributed by atoms with E-state index < -0.39 is 11.6 Å². The van der Waals surface area contributed by atoms with E-state index in [0.717, 1.165) is 18.4 Å². The molecule has 3 atom stereocenters. The molecule has 0 saturated heterocycles. The lowest BCUT2D eigenvalue weighted by atomic mass is 9.68. The van der Waals surface area contributed by atoms with E-state index >= 15 is 0 Å². The van der Waals surface area contributed by atoms with Crippen molar-refractivity contribution < 1.29 is 15.0 Å². The number of carbonyl (C=O) groups is 1. The number of rotatable bonds is 2. The van der Waals surface area contributed by atoms with Crippen LogP contribution in [-0.2, 0) is 4.79 Å². The average molecular weight is 234 g/mol. The van der Waals surface area contributed by atoms with Crippen LogP contribution in [0.3, 0.4) is 0 Å². The van der Waals surface area contributed by atoms with Gasteiger partial charge in [0.25, 0.3) is 0 Å². The van der Waals surface area contributed by atoms with Crippen LogP contribution in [0.2, 0.25) is 0 Å². The summed E-state index contributed by atoms with van der Waals surface area (Å²) in [7, 11) is 0. The van der Waals surface area contributed by atoms with Crippen molar-refractivity contribution in [3.05, 3.63) is 35.9 Å². The van der Waals surface area contributed by atoms with Gasteiger partial charge in [0.15, 0.2) is 5.60 Å². The molecule has 1 fully saturated rings. The molecule has 0 radical (unpaired) electrons. The second-order valence-electron chi connectivity index (χ2n) is 5.07. The molecule has 0 amide bonds. The van der Waals surface area contributed by atoms with Crippen LogP contribution < -0.4 is 0 Å². The van der Waals surface area contributed by atoms with Gasteiger partial charge in [-0.15, -0.1) is 0 Å². The summed E-state index contributed by atoms with van der Waals surface area (Å²) in [4.78, 5) is 11.3. The number of hydrogen-bond acceptors (Lipinski definition) is 2. The van der Waals surface area contributed by atoms with Crippen LogP contribution in [0.5, 0.6) is 0 Å². The molecule has 1 aliphatic carbocycles. The van der Waals surface area contributed by atoms with E-state index in [1.165, 1.54) is 0 Å². The van der Waals surface area contributed by atoms with Gasteiger partial charge in [-0.2, -0.15) is 0 Å². The number of benzene rings is 1. The van der Waals surface area contributed by atoms with Gasteiger partial charge in [-0.3, -0.25) is 0 Å². The minimum atomic E-state index is -1.60. The Morgan fingerprint density at radius 1 is 1.35 bits per heavy atom. The molecule has 0 spiro atoms. The summed E-state index contributed by atoms with van der Waals surface area (Å²) in [5.74, 6) is -0.942. The average Bonchev–Trinajstić information content (AvgIpc) is 2.33. The van der Waals surface area contributed by atoms with Gasteiger partial charge >= 0.3 is 5.97 Å². The zero-order valence-electron chi connectivity index (χ0n) is 9.97. The molecule has 1 aliphatic rings. The lowest BCUT2D eigenvalue weighted by Gasteiger charge is -2.39. The molecule has 0 unspecified atom stereocenters. The maximum absolute atomic E-state index is 11.3. The first kappa shape index (κ1) is 12.1. The summed E-state index contributed by atoms with van der Waals surface area (Å²) in [6.07, 6.45) is 1.84. The molecule has 0 aromatic heterocycles. The van der Waals surface area contributed by atoms with Crippen molar-refractivity contribution in [1.29, 1.82) is 0 Å². The van der Waals surface area contributed by atoms with Crippen LogP contribution in [0.15, 0.2) is 30.3 Å². The second kappa shape index (κ2) is 4.49. The van der Waals surface area contributed by atoms with Gasteiger partial charge in [-0.25, -0.2) is 4.79 Å². The Kier molecular flexibility index (Phi) is 3.20. The topological polar surface area (TPSA) is 57.5 Å². The highest BCUT2D eigenvalue weighted by Crippen LogP contribution is 2.43. The zero-order valence-corrected chi connectivity index (χ0v) is 9.97. The summed E-state index contributed by atoms with van der Waals surface area (Å²) < 4.78 is 0. The van der Waals surface area contributed by atoms with Gasteiger partial charge in [0.2, 0.25) is 0 Å². The third-order valence-corrected chi connectivity index (χ3v) is 3.81. The third kappa shape index (κ3) is 2.20. The lowest BCUT2D eigenvalue weighted by molar-refractivity contribution is -0.165. The summed E-state index contributed by atoms with van der Waals surface area (Å²) in [6, 6.07) is 9.47. The van der Waals surface area contributed by atoms with Gasteiger partial charge in [0, 0.05) is 5.92 Å². The fraction of sp³-hybridized carbons (Fsp3) is 0.500. The first-order valence-electron chi connectivity index (χ1n) is 6.05. The molecule has 0 bridgehead atoms. The second-order valence-corrected chi connectivity index (χ2v) is 5.07. The standard InChI is InChI=1S/C14H18O3/c1-10-7-8-14(17,13(15)16)12(9-10)11-5-3-2-4-6-11/h2-6,10,12,17H,7-9H2,1H3,(H,15,16)/t10-,12-,14-/m1/s1. The van der Waals surface area contributed by atoms with Crippen molar-refractivity contribution in [3.63, 3.8) is 0 Å². The van der Waals surface area contributed by atoms with Crippen LogP contribution >= 0.6 is 0 Å². The van der Waals surface area contributed by atoms with Gasteiger partial charge in [-0.1, -0.05) is 37.3 Å². The molecular formula is C14H18O3. The van der Waals surface area contributed by atoms with Gasteiger partial charge in [-0.05, 0) is 30.7 Å². The monoisotopic (exact) mass is 234 g/mol. The van der Waals surface area contributed by atoms with Crippen LogP contribution in [-0.4, -0.2) is 21.8 Å². The number of carboxylic acids is 1. The normalized spacial score (nSPS) is 33.3. The largest absolute Gasteiger partial charge is 0.479 e. The van der Waals surface area contributed by atoms with Crippen LogP contribution in [0.4, 0.5) is 0 Å². The molecule has 0 heterocycles. The Balaban J connectivity index is 2.36. The zero-order chi connectivity index (χ0) is 12.5. The SMILES string of the molecule is C[C@@H]1CC[C@](O)(C(=O)O)[C@@H](c2ccccc2)C1. The Labute approximate surface area is 101 Å². The Morgan fingerprint density at radius 2 is 2.00 bits per heavy atom. The van der Waals surface area contributed by atoms with E-state index in [9.17, 15) is 15.0 Å². The molecule has 3 nitrogen and oxygen atoms in total. The van der Waals surface area contributed by atoms with Crippen molar-refractivity contribution in [2.75, 3.05) is 0 Å². The minimum Gasteiger partial charge on any atom is -0.479 e. The number of aliphatic carboxylic acids is 1. The third-order valence-electron chi connectivity index (χ3n) is 3.81. The van der Waals surface area contributed by atoms with Crippen molar-refractivity contribution >= 4 is 5.97 Å². The van der Waals surface area contributed by atoms with Gasteiger partial charge in [0.1, 0.15) is 0 Å². The first-order chi connectivity index (χ1) is 8.04. The fourth-order valence-electron chi connectivity index (χ4n) is 2.71. The summed E-state index contributed by atoms with van der Waals surface area (Å²) in [5, 5.41) is 19.6. The summed E-state index contributed by atoms with van der Waals surface area (Å²) in [6.45, 7) is 2.11. The van der Waals surface area contributed by atoms with Crippen molar-refractivity contribution in [2.24, 2.45) is 5.92 Å².